The highest BCUT2D eigenvalue weighted by Gasteiger charge is 2.20. The summed E-state index contributed by atoms with van der Waals surface area (Å²) in [5, 5.41) is 0. The molecule has 0 heterocycles. The van der Waals surface area contributed by atoms with Crippen LogP contribution in [0.3, 0.4) is 0 Å². The van der Waals surface area contributed by atoms with Gasteiger partial charge in [-0.2, -0.15) is 0 Å². The highest BCUT2D eigenvalue weighted by molar-refractivity contribution is 5.95. The molecule has 0 N–H and O–H groups in total. The quantitative estimate of drug-likeness (QED) is 0.387. The predicted molar refractivity (Wildman–Crippen MR) is 54.6 cm³/mol. The van der Waals surface area contributed by atoms with Crippen LogP contribution in [0.25, 0.3) is 0 Å². The fourth-order valence-corrected chi connectivity index (χ4v) is 1.10. The Morgan fingerprint density at radius 3 is 2.29 bits per heavy atom. The van der Waals surface area contributed by atoms with Crippen molar-refractivity contribution >= 4 is 11.9 Å². The van der Waals surface area contributed by atoms with Crippen LogP contribution in [-0.4, -0.2) is 11.9 Å². The lowest BCUT2D eigenvalue weighted by molar-refractivity contribution is -0.160. The second-order valence-electron chi connectivity index (χ2n) is 3.38. The summed E-state index contributed by atoms with van der Waals surface area (Å²) in [6, 6.07) is 0. The predicted octanol–water partition coefficient (Wildman–Crippen LogP) is 2.46. The Hall–Kier alpha value is -1.12. The van der Waals surface area contributed by atoms with Gasteiger partial charge in [0.25, 0.3) is 0 Å². The van der Waals surface area contributed by atoms with Gasteiger partial charge < -0.3 is 4.74 Å². The average Bonchev–Trinajstić information content (AvgIpc) is 2.13. The number of hydrogen-bond acceptors (Lipinski definition) is 3. The first-order valence-corrected chi connectivity index (χ1v) is 4.94. The SMILES string of the molecule is C=C(C)C(=O)OC(=O)C(CC)CCC. The van der Waals surface area contributed by atoms with Crippen LogP contribution in [0, 0.1) is 5.92 Å². The third-order valence-corrected chi connectivity index (χ3v) is 2.01. The summed E-state index contributed by atoms with van der Waals surface area (Å²) in [4.78, 5) is 22.4. The molecule has 3 nitrogen and oxygen atoms in total. The topological polar surface area (TPSA) is 43.4 Å². The molecule has 3 heteroatoms. The normalized spacial score (nSPS) is 11.9. The molecule has 0 aliphatic rings. The highest BCUT2D eigenvalue weighted by atomic mass is 16.6. The number of carbonyl (C=O) groups is 2. The molecule has 0 amide bonds. The van der Waals surface area contributed by atoms with Gasteiger partial charge in [-0.15, -0.1) is 0 Å². The first-order chi connectivity index (χ1) is 6.52. The summed E-state index contributed by atoms with van der Waals surface area (Å²) in [7, 11) is 0. The largest absolute Gasteiger partial charge is 0.389 e. The monoisotopic (exact) mass is 198 g/mol. The van der Waals surface area contributed by atoms with Crippen molar-refractivity contribution in [1.29, 1.82) is 0 Å². The molecule has 0 aromatic heterocycles. The molecular weight excluding hydrogens is 180 g/mol. The van der Waals surface area contributed by atoms with Gasteiger partial charge in [0.2, 0.25) is 0 Å². The second kappa shape index (κ2) is 6.35. The molecular formula is C11H18O3. The van der Waals surface area contributed by atoms with Crippen molar-refractivity contribution in [3.63, 3.8) is 0 Å². The van der Waals surface area contributed by atoms with Crippen LogP contribution in [0.4, 0.5) is 0 Å². The molecule has 0 saturated heterocycles. The van der Waals surface area contributed by atoms with Crippen LogP contribution in [0.1, 0.15) is 40.0 Å². The molecule has 80 valence electrons. The van der Waals surface area contributed by atoms with E-state index in [2.05, 4.69) is 11.3 Å². The minimum absolute atomic E-state index is 0.164. The van der Waals surface area contributed by atoms with E-state index < -0.39 is 11.9 Å². The minimum Gasteiger partial charge on any atom is -0.389 e. The lowest BCUT2D eigenvalue weighted by atomic mass is 10.0. The van der Waals surface area contributed by atoms with Crippen LogP contribution >= 0.6 is 0 Å². The van der Waals surface area contributed by atoms with E-state index in [1.165, 1.54) is 6.92 Å². The van der Waals surface area contributed by atoms with Crippen molar-refractivity contribution in [3.05, 3.63) is 12.2 Å². The average molecular weight is 198 g/mol. The maximum Gasteiger partial charge on any atom is 0.340 e. The molecule has 0 bridgehead atoms. The molecule has 0 aliphatic carbocycles. The van der Waals surface area contributed by atoms with Crippen molar-refractivity contribution < 1.29 is 14.3 Å². The summed E-state index contributed by atoms with van der Waals surface area (Å²) in [5.74, 6) is -1.21. The third kappa shape index (κ3) is 4.21. The maximum atomic E-state index is 11.4. The summed E-state index contributed by atoms with van der Waals surface area (Å²) < 4.78 is 4.64. The number of esters is 2. The van der Waals surface area contributed by atoms with Gasteiger partial charge in [-0.25, -0.2) is 4.79 Å². The molecule has 0 aliphatic heterocycles. The van der Waals surface area contributed by atoms with Gasteiger partial charge in [0.15, 0.2) is 0 Å². The van der Waals surface area contributed by atoms with E-state index in [0.29, 0.717) is 6.42 Å². The van der Waals surface area contributed by atoms with Crippen LogP contribution in [0.15, 0.2) is 12.2 Å². The molecule has 0 saturated carbocycles. The molecule has 0 aromatic rings. The van der Waals surface area contributed by atoms with Crippen molar-refractivity contribution in [2.45, 2.75) is 40.0 Å². The van der Waals surface area contributed by atoms with Gasteiger partial charge >= 0.3 is 11.9 Å². The molecule has 0 radical (unpaired) electrons. The van der Waals surface area contributed by atoms with Crippen LogP contribution in [-0.2, 0) is 14.3 Å². The zero-order chi connectivity index (χ0) is 11.1. The number of carbonyl (C=O) groups excluding carboxylic acids is 2. The standard InChI is InChI=1S/C11H18O3/c1-5-7-9(6-2)11(13)14-10(12)8(3)4/h9H,3,5-7H2,1-2,4H3. The van der Waals surface area contributed by atoms with Gasteiger partial charge in [0, 0.05) is 5.57 Å². The molecule has 1 unspecified atom stereocenters. The lowest BCUT2D eigenvalue weighted by Crippen LogP contribution is -2.21. The van der Waals surface area contributed by atoms with E-state index in [0.717, 1.165) is 12.8 Å². The Morgan fingerprint density at radius 2 is 1.93 bits per heavy atom. The minimum atomic E-state index is -0.621. The smallest absolute Gasteiger partial charge is 0.340 e. The van der Waals surface area contributed by atoms with Gasteiger partial charge in [0.1, 0.15) is 0 Å². The zero-order valence-corrected chi connectivity index (χ0v) is 9.13. The van der Waals surface area contributed by atoms with E-state index in [-0.39, 0.29) is 11.5 Å². The Balaban J connectivity index is 4.17. The van der Waals surface area contributed by atoms with Crippen LogP contribution in [0.5, 0.6) is 0 Å². The molecule has 0 rings (SSSR count). The Kier molecular flexibility index (Phi) is 5.84. The van der Waals surface area contributed by atoms with E-state index in [9.17, 15) is 9.59 Å². The fraction of sp³-hybridized carbons (Fsp3) is 0.636. The first-order valence-electron chi connectivity index (χ1n) is 4.94. The van der Waals surface area contributed by atoms with Crippen molar-refractivity contribution in [2.75, 3.05) is 0 Å². The van der Waals surface area contributed by atoms with Crippen molar-refractivity contribution in [3.8, 4) is 0 Å². The Morgan fingerprint density at radius 1 is 1.36 bits per heavy atom. The van der Waals surface area contributed by atoms with Gasteiger partial charge in [0.05, 0.1) is 5.92 Å². The number of ether oxygens (including phenoxy) is 1. The fourth-order valence-electron chi connectivity index (χ4n) is 1.10. The van der Waals surface area contributed by atoms with E-state index in [1.807, 2.05) is 13.8 Å². The molecule has 1 atom stereocenters. The van der Waals surface area contributed by atoms with Crippen LogP contribution in [0.2, 0.25) is 0 Å². The summed E-state index contributed by atoms with van der Waals surface area (Å²) in [6.45, 7) is 8.84. The summed E-state index contributed by atoms with van der Waals surface area (Å²) in [5.41, 5.74) is 0.254. The first kappa shape index (κ1) is 12.9. The summed E-state index contributed by atoms with van der Waals surface area (Å²) in [6.07, 6.45) is 2.38. The van der Waals surface area contributed by atoms with Gasteiger partial charge in [-0.1, -0.05) is 26.8 Å². The second-order valence-corrected chi connectivity index (χ2v) is 3.38. The van der Waals surface area contributed by atoms with E-state index >= 15 is 0 Å². The van der Waals surface area contributed by atoms with Crippen molar-refractivity contribution in [1.82, 2.24) is 0 Å². The highest BCUT2D eigenvalue weighted by Crippen LogP contribution is 2.13. The van der Waals surface area contributed by atoms with Gasteiger partial charge in [-0.05, 0) is 19.8 Å². The third-order valence-electron chi connectivity index (χ3n) is 2.01. The zero-order valence-electron chi connectivity index (χ0n) is 9.13. The molecule has 14 heavy (non-hydrogen) atoms. The molecule has 0 fully saturated rings. The number of rotatable bonds is 5. The van der Waals surface area contributed by atoms with E-state index in [4.69, 9.17) is 0 Å². The summed E-state index contributed by atoms with van der Waals surface area (Å²) >= 11 is 0. The Bertz CT molecular complexity index is 231. The van der Waals surface area contributed by atoms with Crippen LogP contribution < -0.4 is 0 Å². The van der Waals surface area contributed by atoms with Gasteiger partial charge in [-0.3, -0.25) is 4.79 Å². The maximum absolute atomic E-state index is 11.4. The van der Waals surface area contributed by atoms with Crippen molar-refractivity contribution in [2.24, 2.45) is 5.92 Å². The lowest BCUT2D eigenvalue weighted by Gasteiger charge is -2.11. The Labute approximate surface area is 85.1 Å². The van der Waals surface area contributed by atoms with E-state index in [1.54, 1.807) is 0 Å². The molecule has 0 aromatic carbocycles. The number of hydrogen-bond donors (Lipinski definition) is 0. The molecule has 0 spiro atoms.